The van der Waals surface area contributed by atoms with E-state index in [0.717, 1.165) is 12.6 Å². The molecule has 0 aromatic rings. The van der Waals surface area contributed by atoms with Crippen LogP contribution in [0.2, 0.25) is 0 Å². The smallest absolute Gasteiger partial charge is 0.0107 e. The molecule has 1 rings (SSSR count). The molecule has 0 radical (unpaired) electrons. The molecular weight excluding hydrogens is 232 g/mol. The number of unbranched alkanes of at least 4 members (excludes halogenated alkanes) is 3. The third kappa shape index (κ3) is 7.31. The Morgan fingerprint density at radius 3 is 2.37 bits per heavy atom. The largest absolute Gasteiger partial charge is 0.315 e. The molecule has 1 aliphatic rings. The number of nitrogens with one attached hydrogen (secondary N) is 1. The quantitative estimate of drug-likeness (QED) is 0.635. The van der Waals surface area contributed by atoms with Gasteiger partial charge in [-0.1, -0.05) is 40.0 Å². The Morgan fingerprint density at radius 1 is 1.05 bits per heavy atom. The highest BCUT2D eigenvalue weighted by atomic mass is 15.1. The van der Waals surface area contributed by atoms with E-state index in [2.05, 4.69) is 38.0 Å². The predicted molar refractivity (Wildman–Crippen MR) is 85.7 cm³/mol. The topological polar surface area (TPSA) is 15.3 Å². The van der Waals surface area contributed by atoms with Gasteiger partial charge in [0.15, 0.2) is 0 Å². The van der Waals surface area contributed by atoms with Crippen LogP contribution in [0, 0.1) is 5.41 Å². The van der Waals surface area contributed by atoms with E-state index in [1.54, 1.807) is 0 Å². The van der Waals surface area contributed by atoms with E-state index in [4.69, 9.17) is 0 Å². The summed E-state index contributed by atoms with van der Waals surface area (Å²) in [5.74, 6) is 0. The van der Waals surface area contributed by atoms with Crippen molar-refractivity contribution >= 4 is 0 Å². The Labute approximate surface area is 121 Å². The summed E-state index contributed by atoms with van der Waals surface area (Å²) in [6.45, 7) is 10.7. The lowest BCUT2D eigenvalue weighted by Crippen LogP contribution is -2.40. The Bertz CT molecular complexity index is 215. The van der Waals surface area contributed by atoms with E-state index in [1.807, 2.05) is 0 Å². The van der Waals surface area contributed by atoms with E-state index in [9.17, 15) is 0 Å². The van der Waals surface area contributed by atoms with Gasteiger partial charge in [0, 0.05) is 19.1 Å². The molecule has 1 fully saturated rings. The maximum Gasteiger partial charge on any atom is 0.0107 e. The number of nitrogens with zero attached hydrogens (tertiary/aromatic N) is 1. The van der Waals surface area contributed by atoms with Gasteiger partial charge in [-0.25, -0.2) is 0 Å². The molecule has 0 heterocycles. The lowest BCUT2D eigenvalue weighted by Gasteiger charge is -2.38. The minimum Gasteiger partial charge on any atom is -0.315 e. The van der Waals surface area contributed by atoms with Gasteiger partial charge < -0.3 is 10.2 Å². The number of likely N-dealkylation sites (N-methyl/N-ethyl adjacent to an activating group) is 1. The highest BCUT2D eigenvalue weighted by Crippen LogP contribution is 2.36. The van der Waals surface area contributed by atoms with Crippen LogP contribution < -0.4 is 5.32 Å². The van der Waals surface area contributed by atoms with Crippen molar-refractivity contribution in [3.05, 3.63) is 0 Å². The third-order valence-corrected chi connectivity index (χ3v) is 4.78. The van der Waals surface area contributed by atoms with E-state index < -0.39 is 0 Å². The van der Waals surface area contributed by atoms with Crippen LogP contribution in [-0.2, 0) is 0 Å². The van der Waals surface area contributed by atoms with Crippen molar-refractivity contribution < 1.29 is 0 Å². The van der Waals surface area contributed by atoms with Gasteiger partial charge in [0.2, 0.25) is 0 Å². The molecule has 0 bridgehead atoms. The SMILES string of the molecule is CCCCCCNCCN(C)C1CCC(C)(C)CC1. The number of hydrogen-bond donors (Lipinski definition) is 1. The lowest BCUT2D eigenvalue weighted by atomic mass is 9.75. The van der Waals surface area contributed by atoms with Crippen LogP contribution in [0.5, 0.6) is 0 Å². The molecule has 0 spiro atoms. The molecule has 114 valence electrons. The molecule has 2 nitrogen and oxygen atoms in total. The summed E-state index contributed by atoms with van der Waals surface area (Å²) in [6, 6.07) is 0.829. The van der Waals surface area contributed by atoms with E-state index in [1.165, 1.54) is 64.5 Å². The van der Waals surface area contributed by atoms with Crippen molar-refractivity contribution in [2.24, 2.45) is 5.41 Å². The zero-order valence-corrected chi connectivity index (χ0v) is 13.8. The molecule has 0 aromatic carbocycles. The van der Waals surface area contributed by atoms with Crippen LogP contribution in [-0.4, -0.2) is 37.6 Å². The Hall–Kier alpha value is -0.0800. The molecule has 0 amide bonds. The second kappa shape index (κ2) is 8.97. The van der Waals surface area contributed by atoms with Crippen LogP contribution in [0.1, 0.15) is 72.1 Å². The molecule has 0 aliphatic heterocycles. The molecule has 0 saturated heterocycles. The predicted octanol–water partition coefficient (Wildman–Crippen LogP) is 4.06. The standard InChI is InChI=1S/C17H36N2/c1-5-6-7-8-13-18-14-15-19(4)16-9-11-17(2,3)12-10-16/h16,18H,5-15H2,1-4H3. The highest BCUT2D eigenvalue weighted by Gasteiger charge is 2.28. The van der Waals surface area contributed by atoms with Crippen LogP contribution in [0.3, 0.4) is 0 Å². The van der Waals surface area contributed by atoms with Gasteiger partial charge in [-0.05, 0) is 51.1 Å². The minimum atomic E-state index is 0.592. The van der Waals surface area contributed by atoms with Gasteiger partial charge >= 0.3 is 0 Å². The molecule has 1 saturated carbocycles. The van der Waals surface area contributed by atoms with Crippen LogP contribution >= 0.6 is 0 Å². The molecule has 0 aromatic heterocycles. The first-order chi connectivity index (χ1) is 9.05. The first-order valence-corrected chi connectivity index (χ1v) is 8.46. The monoisotopic (exact) mass is 268 g/mol. The Kier molecular flexibility index (Phi) is 8.01. The van der Waals surface area contributed by atoms with Crippen LogP contribution in [0.4, 0.5) is 0 Å². The van der Waals surface area contributed by atoms with Crippen LogP contribution in [0.25, 0.3) is 0 Å². The Morgan fingerprint density at radius 2 is 1.74 bits per heavy atom. The molecule has 2 heteroatoms. The molecule has 0 atom stereocenters. The minimum absolute atomic E-state index is 0.592. The summed E-state index contributed by atoms with van der Waals surface area (Å²) in [6.07, 6.45) is 11.0. The zero-order valence-electron chi connectivity index (χ0n) is 13.8. The summed E-state index contributed by atoms with van der Waals surface area (Å²) >= 11 is 0. The average molecular weight is 268 g/mol. The number of rotatable bonds is 9. The maximum atomic E-state index is 3.59. The second-order valence-electron chi connectivity index (χ2n) is 7.19. The first kappa shape index (κ1) is 17.0. The third-order valence-electron chi connectivity index (χ3n) is 4.78. The molecule has 19 heavy (non-hydrogen) atoms. The van der Waals surface area contributed by atoms with Crippen molar-refractivity contribution in [1.29, 1.82) is 0 Å². The zero-order chi connectivity index (χ0) is 14.1. The van der Waals surface area contributed by atoms with Gasteiger partial charge in [0.25, 0.3) is 0 Å². The van der Waals surface area contributed by atoms with Crippen molar-refractivity contribution in [2.75, 3.05) is 26.7 Å². The fourth-order valence-corrected chi connectivity index (χ4v) is 3.06. The van der Waals surface area contributed by atoms with E-state index >= 15 is 0 Å². The fraction of sp³-hybridized carbons (Fsp3) is 1.00. The fourth-order valence-electron chi connectivity index (χ4n) is 3.06. The van der Waals surface area contributed by atoms with Crippen molar-refractivity contribution in [1.82, 2.24) is 10.2 Å². The normalized spacial score (nSPS) is 20.1. The van der Waals surface area contributed by atoms with Crippen molar-refractivity contribution in [3.8, 4) is 0 Å². The highest BCUT2D eigenvalue weighted by molar-refractivity contribution is 4.82. The summed E-state index contributed by atoms with van der Waals surface area (Å²) in [5.41, 5.74) is 0.592. The first-order valence-electron chi connectivity index (χ1n) is 8.46. The summed E-state index contributed by atoms with van der Waals surface area (Å²) in [7, 11) is 2.31. The number of hydrogen-bond acceptors (Lipinski definition) is 2. The Balaban J connectivity index is 2.00. The second-order valence-corrected chi connectivity index (χ2v) is 7.19. The van der Waals surface area contributed by atoms with E-state index in [0.29, 0.717) is 5.41 Å². The average Bonchev–Trinajstić information content (AvgIpc) is 2.37. The maximum absolute atomic E-state index is 3.59. The van der Waals surface area contributed by atoms with Gasteiger partial charge in [-0.2, -0.15) is 0 Å². The summed E-state index contributed by atoms with van der Waals surface area (Å²) in [4.78, 5) is 2.58. The van der Waals surface area contributed by atoms with Gasteiger partial charge in [0.05, 0.1) is 0 Å². The summed E-state index contributed by atoms with van der Waals surface area (Å²) in [5, 5.41) is 3.59. The molecular formula is C17H36N2. The van der Waals surface area contributed by atoms with Crippen molar-refractivity contribution in [3.63, 3.8) is 0 Å². The molecule has 0 unspecified atom stereocenters. The molecule has 1 N–H and O–H groups in total. The van der Waals surface area contributed by atoms with Crippen LogP contribution in [0.15, 0.2) is 0 Å². The van der Waals surface area contributed by atoms with E-state index in [-0.39, 0.29) is 0 Å². The van der Waals surface area contributed by atoms with Crippen molar-refractivity contribution in [2.45, 2.75) is 78.2 Å². The van der Waals surface area contributed by atoms with Gasteiger partial charge in [-0.15, -0.1) is 0 Å². The lowest BCUT2D eigenvalue weighted by molar-refractivity contribution is 0.128. The summed E-state index contributed by atoms with van der Waals surface area (Å²) < 4.78 is 0. The van der Waals surface area contributed by atoms with Gasteiger partial charge in [0.1, 0.15) is 0 Å². The molecule has 1 aliphatic carbocycles. The van der Waals surface area contributed by atoms with Gasteiger partial charge in [-0.3, -0.25) is 0 Å².